The van der Waals surface area contributed by atoms with Crippen molar-refractivity contribution in [2.75, 3.05) is 6.54 Å². The Morgan fingerprint density at radius 2 is 2.14 bits per heavy atom. The maximum atomic E-state index is 12.7. The monoisotopic (exact) mass is 387 g/mol. The molecule has 0 N–H and O–H groups in total. The van der Waals surface area contributed by atoms with Gasteiger partial charge in [-0.3, -0.25) is 4.79 Å². The fraction of sp³-hybridized carbons (Fsp3) is 0.400. The van der Waals surface area contributed by atoms with Gasteiger partial charge in [0, 0.05) is 43.6 Å². The van der Waals surface area contributed by atoms with Crippen LogP contribution in [-0.2, 0) is 37.5 Å². The van der Waals surface area contributed by atoms with Gasteiger partial charge in [0.05, 0.1) is 6.54 Å². The molecule has 0 aromatic heterocycles. The summed E-state index contributed by atoms with van der Waals surface area (Å²) in [6.07, 6.45) is 0.942. The summed E-state index contributed by atoms with van der Waals surface area (Å²) in [5.41, 5.74) is 1.99. The van der Waals surface area contributed by atoms with Gasteiger partial charge < -0.3 is 4.90 Å². The number of amides is 1. The first-order chi connectivity index (χ1) is 9.40. The second-order valence-corrected chi connectivity index (χ2v) is 5.37. The van der Waals surface area contributed by atoms with Crippen LogP contribution in [0.15, 0.2) is 18.2 Å². The normalized spacial score (nSPS) is 18.6. The molecule has 1 heterocycles. The van der Waals surface area contributed by atoms with Crippen LogP contribution in [0.1, 0.15) is 24.5 Å². The van der Waals surface area contributed by atoms with E-state index in [-0.39, 0.29) is 44.5 Å². The number of allylic oxidation sites excluding steroid dienone is 1. The van der Waals surface area contributed by atoms with E-state index in [1.165, 1.54) is 0 Å². The Labute approximate surface area is 153 Å². The van der Waals surface area contributed by atoms with Crippen molar-refractivity contribution in [1.29, 1.82) is 0 Å². The molecule has 1 aliphatic rings. The molecule has 0 saturated heterocycles. The fourth-order valence-corrected chi connectivity index (χ4v) is 2.49. The zero-order chi connectivity index (χ0) is 14.9. The maximum Gasteiger partial charge on any atom is 0.256 e. The molecule has 21 heavy (non-hydrogen) atoms. The van der Waals surface area contributed by atoms with Gasteiger partial charge in [-0.1, -0.05) is 44.0 Å². The van der Waals surface area contributed by atoms with Crippen LogP contribution in [0.5, 0.6) is 0 Å². The predicted octanol–water partition coefficient (Wildman–Crippen LogP) is 3.92. The molecule has 1 radical (unpaired) electrons. The van der Waals surface area contributed by atoms with E-state index in [1.54, 1.807) is 25.1 Å². The third kappa shape index (κ3) is 4.33. The molecule has 6 heteroatoms. The predicted molar refractivity (Wildman–Crippen MR) is 74.3 cm³/mol. The fourth-order valence-electron chi connectivity index (χ4n) is 2.26. The van der Waals surface area contributed by atoms with Crippen LogP contribution in [0.3, 0.4) is 0 Å². The Balaban J connectivity index is 0.00000220. The molecule has 2 rings (SSSR count). The van der Waals surface area contributed by atoms with Crippen molar-refractivity contribution in [3.05, 3.63) is 40.4 Å². The average molecular weight is 388 g/mol. The SMILES string of the molecule is Cc1cc(Cl)ccc1C1=[C-]CC(C)C(=O)N1CC(F)F.[Y]. The van der Waals surface area contributed by atoms with Crippen LogP contribution in [0, 0.1) is 18.9 Å². The van der Waals surface area contributed by atoms with E-state index in [0.29, 0.717) is 17.1 Å². The Bertz CT molecular complexity index is 563. The van der Waals surface area contributed by atoms with Gasteiger partial charge in [0.1, 0.15) is 0 Å². The molecule has 0 bridgehead atoms. The molecule has 0 fully saturated rings. The number of benzene rings is 1. The van der Waals surface area contributed by atoms with Gasteiger partial charge >= 0.3 is 0 Å². The zero-order valence-electron chi connectivity index (χ0n) is 11.9. The Hall–Kier alpha value is -0.316. The van der Waals surface area contributed by atoms with Crippen molar-refractivity contribution in [1.82, 2.24) is 4.90 Å². The number of rotatable bonds is 3. The van der Waals surface area contributed by atoms with Gasteiger partial charge in [-0.2, -0.15) is 0 Å². The van der Waals surface area contributed by atoms with E-state index in [9.17, 15) is 13.6 Å². The minimum Gasteiger partial charge on any atom is -0.341 e. The number of carbonyl (C=O) groups is 1. The molecule has 2 nitrogen and oxygen atoms in total. The largest absolute Gasteiger partial charge is 0.341 e. The van der Waals surface area contributed by atoms with E-state index in [0.717, 1.165) is 16.0 Å². The minimum atomic E-state index is -2.58. The first-order valence-corrected chi connectivity index (χ1v) is 6.75. The van der Waals surface area contributed by atoms with Gasteiger partial charge in [0.15, 0.2) is 0 Å². The van der Waals surface area contributed by atoms with Gasteiger partial charge in [-0.25, -0.2) is 14.9 Å². The molecule has 1 aliphatic heterocycles. The van der Waals surface area contributed by atoms with Crippen molar-refractivity contribution in [3.8, 4) is 0 Å². The van der Waals surface area contributed by atoms with Crippen LogP contribution in [0.4, 0.5) is 8.78 Å². The number of nitrogens with zero attached hydrogens (tertiary/aromatic N) is 1. The Morgan fingerprint density at radius 1 is 1.48 bits per heavy atom. The standard InChI is InChI=1S/C15H15ClF2NO.Y/c1-9-3-6-13(19(15(9)20)8-14(17)18)12-5-4-11(16)7-10(12)2;/h4-5,7,9,14H,3,8H2,1-2H3;/q-1;. The van der Waals surface area contributed by atoms with Crippen LogP contribution in [-0.4, -0.2) is 23.8 Å². The minimum absolute atomic E-state index is 0. The molecule has 1 unspecified atom stereocenters. The van der Waals surface area contributed by atoms with E-state index in [4.69, 9.17) is 11.6 Å². The Kier molecular flexibility index (Phi) is 6.96. The van der Waals surface area contributed by atoms with Crippen LogP contribution in [0.2, 0.25) is 5.02 Å². The van der Waals surface area contributed by atoms with E-state index >= 15 is 0 Å². The van der Waals surface area contributed by atoms with Gasteiger partial charge in [-0.15, -0.1) is 22.9 Å². The maximum absolute atomic E-state index is 12.7. The third-order valence-electron chi connectivity index (χ3n) is 3.30. The van der Waals surface area contributed by atoms with Crippen molar-refractivity contribution in [2.45, 2.75) is 26.7 Å². The zero-order valence-corrected chi connectivity index (χ0v) is 15.5. The summed E-state index contributed by atoms with van der Waals surface area (Å²) < 4.78 is 25.4. The molecule has 0 aliphatic carbocycles. The number of hydrogen-bond acceptors (Lipinski definition) is 1. The molecule has 1 atom stereocenters. The molecular weight excluding hydrogens is 373 g/mol. The quantitative estimate of drug-likeness (QED) is 0.720. The summed E-state index contributed by atoms with van der Waals surface area (Å²) in [6.45, 7) is 2.95. The van der Waals surface area contributed by atoms with Crippen molar-refractivity contribution in [2.24, 2.45) is 5.92 Å². The summed E-state index contributed by atoms with van der Waals surface area (Å²) >= 11 is 5.90. The second kappa shape index (κ2) is 7.80. The number of aryl methyl sites for hydroxylation is 1. The smallest absolute Gasteiger partial charge is 0.256 e. The van der Waals surface area contributed by atoms with Gasteiger partial charge in [0.2, 0.25) is 5.91 Å². The van der Waals surface area contributed by atoms with Crippen molar-refractivity contribution < 1.29 is 46.3 Å². The van der Waals surface area contributed by atoms with Crippen LogP contribution >= 0.6 is 11.6 Å². The van der Waals surface area contributed by atoms with E-state index < -0.39 is 13.0 Å². The molecule has 1 amide bonds. The van der Waals surface area contributed by atoms with Crippen molar-refractivity contribution in [3.63, 3.8) is 0 Å². The summed E-state index contributed by atoms with van der Waals surface area (Å²) in [5, 5.41) is 0.572. The molecule has 111 valence electrons. The summed E-state index contributed by atoms with van der Waals surface area (Å²) in [5.74, 6) is -0.599. The molecule has 1 aromatic rings. The topological polar surface area (TPSA) is 20.3 Å². The van der Waals surface area contributed by atoms with Crippen LogP contribution < -0.4 is 0 Å². The molecule has 0 spiro atoms. The molecule has 0 saturated carbocycles. The second-order valence-electron chi connectivity index (χ2n) is 4.93. The summed E-state index contributed by atoms with van der Waals surface area (Å²) in [4.78, 5) is 13.3. The number of alkyl halides is 2. The third-order valence-corrected chi connectivity index (χ3v) is 3.53. The van der Waals surface area contributed by atoms with Gasteiger partial charge in [-0.05, 0) is 0 Å². The first-order valence-electron chi connectivity index (χ1n) is 6.37. The first kappa shape index (κ1) is 18.7. The summed E-state index contributed by atoms with van der Waals surface area (Å²) in [6, 6.07) is 5.16. The van der Waals surface area contributed by atoms with E-state index in [1.807, 2.05) is 6.92 Å². The average Bonchev–Trinajstić information content (AvgIpc) is 2.36. The molecular formula is C15H15ClF2NOY-. The number of carbonyl (C=O) groups excluding carboxylic acids is 1. The number of hydrogen-bond donors (Lipinski definition) is 0. The number of halogens is 3. The Morgan fingerprint density at radius 3 is 2.71 bits per heavy atom. The van der Waals surface area contributed by atoms with Crippen LogP contribution in [0.25, 0.3) is 5.70 Å². The molecule has 1 aromatic carbocycles. The van der Waals surface area contributed by atoms with Gasteiger partial charge in [0.25, 0.3) is 6.43 Å². The van der Waals surface area contributed by atoms with E-state index in [2.05, 4.69) is 6.08 Å². The summed E-state index contributed by atoms with van der Waals surface area (Å²) in [7, 11) is 0. The van der Waals surface area contributed by atoms with Crippen molar-refractivity contribution >= 4 is 23.2 Å².